The minimum Gasteiger partial charge on any atom is -0.270 e. The molecule has 0 unspecified atom stereocenters. The van der Waals surface area contributed by atoms with E-state index in [2.05, 4.69) is 4.18 Å². The Morgan fingerprint density at radius 1 is 1.40 bits per heavy atom. The Bertz CT molecular complexity index is 169. The second-order valence-corrected chi connectivity index (χ2v) is 4.35. The molecular weight excluding hydrogens is 152 g/mol. The van der Waals surface area contributed by atoms with Gasteiger partial charge in [-0.1, -0.05) is 13.8 Å². The molecular formula is C6H14O3S. The summed E-state index contributed by atoms with van der Waals surface area (Å²) in [5.41, 5.74) is 0. The molecule has 0 saturated carbocycles. The first kappa shape index (κ1) is 9.91. The van der Waals surface area contributed by atoms with Gasteiger partial charge in [-0.05, 0) is 12.3 Å². The standard InChI is InChI=1S/C6H14O3S/c1-6(2)4-5-9-10(3,7)8/h6H,4-5H2,1-3H3. The van der Waals surface area contributed by atoms with Crippen molar-refractivity contribution in [1.82, 2.24) is 0 Å². The van der Waals surface area contributed by atoms with E-state index in [0.29, 0.717) is 12.5 Å². The van der Waals surface area contributed by atoms with Crippen molar-refractivity contribution in [2.75, 3.05) is 12.9 Å². The summed E-state index contributed by atoms with van der Waals surface area (Å²) in [5, 5.41) is 0. The molecule has 0 N–H and O–H groups in total. The van der Waals surface area contributed by atoms with Gasteiger partial charge in [0.05, 0.1) is 12.9 Å². The van der Waals surface area contributed by atoms with E-state index in [4.69, 9.17) is 0 Å². The van der Waals surface area contributed by atoms with Crippen LogP contribution in [-0.2, 0) is 14.3 Å². The summed E-state index contributed by atoms with van der Waals surface area (Å²) in [4.78, 5) is 0. The zero-order valence-corrected chi connectivity index (χ0v) is 7.44. The van der Waals surface area contributed by atoms with E-state index in [0.717, 1.165) is 12.7 Å². The van der Waals surface area contributed by atoms with Crippen LogP contribution < -0.4 is 0 Å². The first-order valence-corrected chi connectivity index (χ1v) is 5.08. The minimum atomic E-state index is -3.22. The highest BCUT2D eigenvalue weighted by Gasteiger charge is 2.01. The Morgan fingerprint density at radius 3 is 2.20 bits per heavy atom. The summed E-state index contributed by atoms with van der Waals surface area (Å²) in [6.45, 7) is 4.34. The molecule has 0 saturated heterocycles. The van der Waals surface area contributed by atoms with E-state index in [9.17, 15) is 8.42 Å². The third-order valence-corrected chi connectivity index (χ3v) is 1.59. The maximum absolute atomic E-state index is 10.4. The van der Waals surface area contributed by atoms with Crippen LogP contribution in [-0.4, -0.2) is 21.3 Å². The molecule has 0 heterocycles. The van der Waals surface area contributed by atoms with E-state index in [1.807, 2.05) is 13.8 Å². The summed E-state index contributed by atoms with van der Waals surface area (Å²) in [6.07, 6.45) is 1.85. The highest BCUT2D eigenvalue weighted by Crippen LogP contribution is 2.00. The molecule has 0 aromatic carbocycles. The van der Waals surface area contributed by atoms with Crippen molar-refractivity contribution >= 4 is 10.1 Å². The number of hydrogen-bond donors (Lipinski definition) is 0. The van der Waals surface area contributed by atoms with Crippen molar-refractivity contribution < 1.29 is 12.6 Å². The normalized spacial score (nSPS) is 12.4. The summed E-state index contributed by atoms with van der Waals surface area (Å²) < 4.78 is 25.3. The Morgan fingerprint density at radius 2 is 1.90 bits per heavy atom. The molecule has 3 nitrogen and oxygen atoms in total. The lowest BCUT2D eigenvalue weighted by atomic mass is 10.2. The van der Waals surface area contributed by atoms with E-state index in [1.165, 1.54) is 0 Å². The van der Waals surface area contributed by atoms with Gasteiger partial charge in [-0.25, -0.2) is 0 Å². The molecule has 4 heteroatoms. The minimum absolute atomic E-state index is 0.302. The number of hydrogen-bond acceptors (Lipinski definition) is 3. The van der Waals surface area contributed by atoms with E-state index in [-0.39, 0.29) is 0 Å². The van der Waals surface area contributed by atoms with Crippen molar-refractivity contribution in [3.63, 3.8) is 0 Å². The highest BCUT2D eigenvalue weighted by atomic mass is 32.2. The molecule has 0 fully saturated rings. The van der Waals surface area contributed by atoms with Crippen molar-refractivity contribution in [2.45, 2.75) is 20.3 Å². The van der Waals surface area contributed by atoms with Gasteiger partial charge in [0.15, 0.2) is 0 Å². The molecule has 0 bridgehead atoms. The van der Waals surface area contributed by atoms with Crippen molar-refractivity contribution in [3.05, 3.63) is 0 Å². The molecule has 0 aliphatic carbocycles. The van der Waals surface area contributed by atoms with Gasteiger partial charge in [-0.3, -0.25) is 4.18 Å². The second-order valence-electron chi connectivity index (χ2n) is 2.71. The molecule has 0 atom stereocenters. The Labute approximate surface area is 62.5 Å². The van der Waals surface area contributed by atoms with Crippen LogP contribution in [0.25, 0.3) is 0 Å². The molecule has 0 spiro atoms. The Kier molecular flexibility index (Phi) is 3.89. The first-order valence-electron chi connectivity index (χ1n) is 3.26. The summed E-state index contributed by atoms with van der Waals surface area (Å²) >= 11 is 0. The highest BCUT2D eigenvalue weighted by molar-refractivity contribution is 7.85. The SMILES string of the molecule is CC(C)CCOS(C)(=O)=O. The topological polar surface area (TPSA) is 43.4 Å². The summed E-state index contributed by atoms with van der Waals surface area (Å²) in [6, 6.07) is 0. The van der Waals surface area contributed by atoms with Gasteiger partial charge in [0.1, 0.15) is 0 Å². The summed E-state index contributed by atoms with van der Waals surface area (Å²) in [5.74, 6) is 0.488. The molecule has 0 aliphatic rings. The quantitative estimate of drug-likeness (QED) is 0.585. The molecule has 0 aromatic heterocycles. The van der Waals surface area contributed by atoms with E-state index < -0.39 is 10.1 Å². The van der Waals surface area contributed by atoms with Crippen molar-refractivity contribution in [1.29, 1.82) is 0 Å². The third-order valence-electron chi connectivity index (χ3n) is 0.993. The lowest BCUT2D eigenvalue weighted by Crippen LogP contribution is -2.05. The van der Waals surface area contributed by atoms with Gasteiger partial charge in [0.25, 0.3) is 10.1 Å². The van der Waals surface area contributed by atoms with Crippen LogP contribution in [0.1, 0.15) is 20.3 Å². The third kappa shape index (κ3) is 7.91. The fourth-order valence-electron chi connectivity index (χ4n) is 0.435. The maximum atomic E-state index is 10.4. The molecule has 0 radical (unpaired) electrons. The Balaban J connectivity index is 3.39. The Hall–Kier alpha value is -0.0900. The molecule has 0 amide bonds. The number of rotatable bonds is 4. The van der Waals surface area contributed by atoms with Crippen LogP contribution in [0.5, 0.6) is 0 Å². The maximum Gasteiger partial charge on any atom is 0.264 e. The van der Waals surface area contributed by atoms with Crippen LogP contribution >= 0.6 is 0 Å². The van der Waals surface area contributed by atoms with Gasteiger partial charge in [-0.2, -0.15) is 8.42 Å². The summed E-state index contributed by atoms with van der Waals surface area (Å²) in [7, 11) is -3.22. The predicted molar refractivity (Wildman–Crippen MR) is 40.3 cm³/mol. The van der Waals surface area contributed by atoms with Crippen molar-refractivity contribution in [3.8, 4) is 0 Å². The fourth-order valence-corrected chi connectivity index (χ4v) is 0.834. The van der Waals surface area contributed by atoms with Crippen LogP contribution in [0.15, 0.2) is 0 Å². The van der Waals surface area contributed by atoms with E-state index in [1.54, 1.807) is 0 Å². The zero-order valence-electron chi connectivity index (χ0n) is 6.62. The van der Waals surface area contributed by atoms with Crippen LogP contribution in [0.2, 0.25) is 0 Å². The molecule has 10 heavy (non-hydrogen) atoms. The lowest BCUT2D eigenvalue weighted by Gasteiger charge is -2.02. The van der Waals surface area contributed by atoms with Crippen LogP contribution in [0.4, 0.5) is 0 Å². The smallest absolute Gasteiger partial charge is 0.264 e. The van der Waals surface area contributed by atoms with Gasteiger partial charge < -0.3 is 0 Å². The average Bonchev–Trinajstić information content (AvgIpc) is 1.59. The predicted octanol–water partition coefficient (Wildman–Crippen LogP) is 1.01. The molecule has 62 valence electrons. The second kappa shape index (κ2) is 3.93. The average molecular weight is 166 g/mol. The molecule has 0 rings (SSSR count). The lowest BCUT2D eigenvalue weighted by molar-refractivity contribution is 0.295. The van der Waals surface area contributed by atoms with E-state index >= 15 is 0 Å². The van der Waals surface area contributed by atoms with Gasteiger partial charge in [0, 0.05) is 0 Å². The zero-order chi connectivity index (χ0) is 8.20. The van der Waals surface area contributed by atoms with Crippen molar-refractivity contribution in [2.24, 2.45) is 5.92 Å². The van der Waals surface area contributed by atoms with Gasteiger partial charge in [-0.15, -0.1) is 0 Å². The molecule has 0 aromatic rings. The van der Waals surface area contributed by atoms with Crippen LogP contribution in [0.3, 0.4) is 0 Å². The largest absolute Gasteiger partial charge is 0.270 e. The van der Waals surface area contributed by atoms with Gasteiger partial charge >= 0.3 is 0 Å². The monoisotopic (exact) mass is 166 g/mol. The van der Waals surface area contributed by atoms with Gasteiger partial charge in [0.2, 0.25) is 0 Å². The molecule has 0 aliphatic heterocycles. The van der Waals surface area contributed by atoms with Crippen LogP contribution in [0, 0.1) is 5.92 Å². The first-order chi connectivity index (χ1) is 4.42. The fraction of sp³-hybridized carbons (Fsp3) is 1.00.